The molecule has 0 bridgehead atoms. The second-order valence-corrected chi connectivity index (χ2v) is 12.8. The van der Waals surface area contributed by atoms with Crippen LogP contribution in [-0.2, 0) is 16.0 Å². The number of carboxylic acid groups (broad SMARTS) is 1. The summed E-state index contributed by atoms with van der Waals surface area (Å²) in [6, 6.07) is 10.5. The molecule has 0 aliphatic carbocycles. The van der Waals surface area contributed by atoms with Crippen molar-refractivity contribution in [1.29, 1.82) is 0 Å². The highest BCUT2D eigenvalue weighted by Gasteiger charge is 2.37. The lowest BCUT2D eigenvalue weighted by Crippen LogP contribution is -2.39. The van der Waals surface area contributed by atoms with Gasteiger partial charge >= 0.3 is 5.97 Å². The summed E-state index contributed by atoms with van der Waals surface area (Å²) in [5.74, 6) is -2.12. The number of pyridine rings is 1. The Bertz CT molecular complexity index is 1470. The van der Waals surface area contributed by atoms with Gasteiger partial charge in [-0.15, -0.1) is 0 Å². The number of aromatic nitrogens is 1. The van der Waals surface area contributed by atoms with Gasteiger partial charge in [0.15, 0.2) is 24.0 Å². The van der Waals surface area contributed by atoms with Crippen molar-refractivity contribution in [3.8, 4) is 16.9 Å². The number of aldehydes is 1. The van der Waals surface area contributed by atoms with E-state index in [0.29, 0.717) is 53.9 Å². The second kappa shape index (κ2) is 12.8. The molecule has 1 N–H and O–H groups in total. The summed E-state index contributed by atoms with van der Waals surface area (Å²) in [6.07, 6.45) is 1.40. The molecule has 0 radical (unpaired) electrons. The van der Waals surface area contributed by atoms with Gasteiger partial charge in [0, 0.05) is 36.3 Å². The molecule has 3 aromatic rings. The fourth-order valence-electron chi connectivity index (χ4n) is 5.36. The molecule has 4 rings (SSSR count). The van der Waals surface area contributed by atoms with Gasteiger partial charge in [-0.25, -0.2) is 18.6 Å². The van der Waals surface area contributed by atoms with Gasteiger partial charge < -0.3 is 19.5 Å². The van der Waals surface area contributed by atoms with Crippen molar-refractivity contribution in [2.45, 2.75) is 72.5 Å². The van der Waals surface area contributed by atoms with E-state index in [1.165, 1.54) is 24.3 Å². The minimum absolute atomic E-state index is 0.0274. The van der Waals surface area contributed by atoms with Crippen LogP contribution < -0.4 is 9.64 Å². The highest BCUT2D eigenvalue weighted by Crippen LogP contribution is 2.45. The Hall–Kier alpha value is -3.85. The van der Waals surface area contributed by atoms with Gasteiger partial charge in [-0.3, -0.25) is 4.79 Å². The number of benzene rings is 2. The normalized spacial score (nSPS) is 15.7. The van der Waals surface area contributed by atoms with Crippen molar-refractivity contribution < 1.29 is 33.0 Å². The molecule has 2 heterocycles. The van der Waals surface area contributed by atoms with E-state index < -0.39 is 23.5 Å². The van der Waals surface area contributed by atoms with E-state index in [0.717, 1.165) is 18.4 Å². The molecule has 1 unspecified atom stereocenters. The van der Waals surface area contributed by atoms with Gasteiger partial charge in [-0.1, -0.05) is 32.0 Å². The minimum Gasteiger partial charge on any atom is -0.490 e. The number of carbonyl (C=O) groups excluding carboxylic acids is 1. The number of aryl methyl sites for hydroxylation is 1. The number of carboxylic acids is 1. The number of hydrogen-bond donors (Lipinski definition) is 1. The van der Waals surface area contributed by atoms with Crippen molar-refractivity contribution in [3.05, 3.63) is 76.6 Å². The van der Waals surface area contributed by atoms with Crippen LogP contribution in [0.5, 0.6) is 5.75 Å². The van der Waals surface area contributed by atoms with E-state index in [1.807, 2.05) is 0 Å². The van der Waals surface area contributed by atoms with Gasteiger partial charge in [-0.05, 0) is 81.3 Å². The predicted molar refractivity (Wildman–Crippen MR) is 162 cm³/mol. The van der Waals surface area contributed by atoms with Gasteiger partial charge in [0.2, 0.25) is 0 Å². The van der Waals surface area contributed by atoms with Crippen LogP contribution in [0, 0.1) is 24.0 Å². The molecule has 1 aliphatic heterocycles. The van der Waals surface area contributed by atoms with Crippen molar-refractivity contribution in [3.63, 3.8) is 0 Å². The lowest BCUT2D eigenvalue weighted by Gasteiger charge is -2.41. The molecule has 7 nitrogen and oxygen atoms in total. The van der Waals surface area contributed by atoms with Crippen LogP contribution in [-0.4, -0.2) is 47.6 Å². The van der Waals surface area contributed by atoms with Gasteiger partial charge in [0.1, 0.15) is 11.5 Å². The highest BCUT2D eigenvalue weighted by molar-refractivity contribution is 5.95. The largest absolute Gasteiger partial charge is 0.490 e. The lowest BCUT2D eigenvalue weighted by molar-refractivity contribution is -0.160. The van der Waals surface area contributed by atoms with Crippen molar-refractivity contribution in [2.75, 3.05) is 24.6 Å². The average Bonchev–Trinajstić information content (AvgIpc) is 2.93. The summed E-state index contributed by atoms with van der Waals surface area (Å²) >= 11 is 0. The molecule has 1 aliphatic rings. The van der Waals surface area contributed by atoms with Crippen molar-refractivity contribution in [1.82, 2.24) is 4.98 Å². The Kier molecular flexibility index (Phi) is 9.54. The number of halogens is 2. The van der Waals surface area contributed by atoms with E-state index in [4.69, 9.17) is 9.47 Å². The third-order valence-corrected chi connectivity index (χ3v) is 7.71. The number of carbonyl (C=O) groups is 2. The molecular formula is C34H40F2N2O5. The van der Waals surface area contributed by atoms with E-state index >= 15 is 4.39 Å². The fraction of sp³-hybridized carbons (Fsp3) is 0.441. The molecule has 9 heteroatoms. The molecule has 1 atom stereocenters. The summed E-state index contributed by atoms with van der Waals surface area (Å²) in [4.78, 5) is 31.6. The number of anilines is 1. The monoisotopic (exact) mass is 594 g/mol. The summed E-state index contributed by atoms with van der Waals surface area (Å²) in [6.45, 7) is 12.8. The Balaban J connectivity index is 1.80. The van der Waals surface area contributed by atoms with Crippen LogP contribution in [0.4, 0.5) is 14.5 Å². The maximum absolute atomic E-state index is 15.5. The Labute approximate surface area is 251 Å². The van der Waals surface area contributed by atoms with Crippen LogP contribution in [0.25, 0.3) is 11.1 Å². The summed E-state index contributed by atoms with van der Waals surface area (Å²) in [5, 5.41) is 10.3. The van der Waals surface area contributed by atoms with E-state index in [9.17, 15) is 19.1 Å². The van der Waals surface area contributed by atoms with E-state index in [1.54, 1.807) is 45.9 Å². The van der Waals surface area contributed by atoms with Crippen LogP contribution in [0.3, 0.4) is 0 Å². The zero-order valence-electron chi connectivity index (χ0n) is 25.7. The van der Waals surface area contributed by atoms with Gasteiger partial charge in [0.25, 0.3) is 0 Å². The molecule has 43 heavy (non-hydrogen) atoms. The van der Waals surface area contributed by atoms with Gasteiger partial charge in [-0.2, -0.15) is 0 Å². The third-order valence-electron chi connectivity index (χ3n) is 7.71. The number of rotatable bonds is 10. The third kappa shape index (κ3) is 7.76. The molecule has 1 fully saturated rings. The second-order valence-electron chi connectivity index (χ2n) is 12.8. The standard InChI is InChI=1S/C34H40F2N2O5/c1-21-28(31(32(40)41)43-33(2,3)4)30(38-16-14-34(5,6)15-17-38)29(26(20-39)37-21)23-9-12-27(25(36)19-23)42-18-13-22-7-10-24(35)11-8-22/h7-12,19-20,31H,13-18H2,1-6H3,(H,40,41). The minimum atomic E-state index is -1.36. The summed E-state index contributed by atoms with van der Waals surface area (Å²) < 4.78 is 40.5. The predicted octanol–water partition coefficient (Wildman–Crippen LogP) is 7.34. The highest BCUT2D eigenvalue weighted by atomic mass is 19.1. The topological polar surface area (TPSA) is 89.0 Å². The quantitative estimate of drug-likeness (QED) is 0.246. The van der Waals surface area contributed by atoms with E-state index in [-0.39, 0.29) is 29.3 Å². The van der Waals surface area contributed by atoms with E-state index in [2.05, 4.69) is 23.7 Å². The van der Waals surface area contributed by atoms with Crippen LogP contribution >= 0.6 is 0 Å². The molecule has 230 valence electrons. The number of ether oxygens (including phenoxy) is 2. The Morgan fingerprint density at radius 2 is 1.77 bits per heavy atom. The Morgan fingerprint density at radius 3 is 2.33 bits per heavy atom. The first-order valence-electron chi connectivity index (χ1n) is 14.5. The average molecular weight is 595 g/mol. The molecular weight excluding hydrogens is 554 g/mol. The molecule has 1 saturated heterocycles. The molecule has 2 aromatic carbocycles. The number of piperidine rings is 1. The first-order valence-corrected chi connectivity index (χ1v) is 14.5. The van der Waals surface area contributed by atoms with Crippen LogP contribution in [0.2, 0.25) is 0 Å². The maximum atomic E-state index is 15.5. The molecule has 0 spiro atoms. The first-order chi connectivity index (χ1) is 20.2. The Morgan fingerprint density at radius 1 is 1.12 bits per heavy atom. The zero-order chi connectivity index (χ0) is 31.5. The number of aliphatic carboxylic acids is 1. The van der Waals surface area contributed by atoms with Crippen molar-refractivity contribution >= 4 is 17.9 Å². The van der Waals surface area contributed by atoms with Crippen LogP contribution in [0.15, 0.2) is 42.5 Å². The number of nitrogens with zero attached hydrogens (tertiary/aromatic N) is 2. The molecule has 1 aromatic heterocycles. The molecule has 0 saturated carbocycles. The first kappa shape index (κ1) is 32.1. The summed E-state index contributed by atoms with van der Waals surface area (Å²) in [7, 11) is 0. The smallest absolute Gasteiger partial charge is 0.337 e. The maximum Gasteiger partial charge on any atom is 0.337 e. The fourth-order valence-corrected chi connectivity index (χ4v) is 5.36. The van der Waals surface area contributed by atoms with Crippen molar-refractivity contribution in [2.24, 2.45) is 5.41 Å². The lowest BCUT2D eigenvalue weighted by atomic mass is 9.81. The summed E-state index contributed by atoms with van der Waals surface area (Å²) in [5.41, 5.74) is 2.21. The van der Waals surface area contributed by atoms with Crippen LogP contribution in [0.1, 0.15) is 80.9 Å². The van der Waals surface area contributed by atoms with Gasteiger partial charge in [0.05, 0.1) is 17.9 Å². The zero-order valence-corrected chi connectivity index (χ0v) is 25.7. The SMILES string of the molecule is Cc1nc(C=O)c(-c2ccc(OCCc3ccc(F)cc3)c(F)c2)c(N2CCC(C)(C)CC2)c1C(OC(C)(C)C)C(=O)O. The molecule has 0 amide bonds. The number of hydrogen-bond acceptors (Lipinski definition) is 6.